The minimum Gasteiger partial charge on any atom is -0.480 e. The van der Waals surface area contributed by atoms with Crippen LogP contribution in [0.2, 0.25) is 5.02 Å². The van der Waals surface area contributed by atoms with Gasteiger partial charge in [0.25, 0.3) is 0 Å². The van der Waals surface area contributed by atoms with Crippen molar-refractivity contribution in [3.63, 3.8) is 0 Å². The molecule has 1 saturated heterocycles. The van der Waals surface area contributed by atoms with Crippen molar-refractivity contribution in [2.24, 2.45) is 0 Å². The predicted octanol–water partition coefficient (Wildman–Crippen LogP) is 2.70. The van der Waals surface area contributed by atoms with Gasteiger partial charge in [0.05, 0.1) is 0 Å². The first-order chi connectivity index (χ1) is 9.46. The summed E-state index contributed by atoms with van der Waals surface area (Å²) in [4.78, 5) is 13.9. The standard InChI is InChI=1S/C14H18BrClN2O2/c1-14(13(19)20,18-7-2-5-17-6-8-18)11-4-3-10(15)9-12(11)16/h3-4,9,17H,2,5-8H2,1H3,(H,19,20). The molecule has 0 aliphatic carbocycles. The number of nitrogens with one attached hydrogen (secondary N) is 1. The first-order valence-electron chi connectivity index (χ1n) is 6.61. The molecule has 6 heteroatoms. The Labute approximate surface area is 132 Å². The van der Waals surface area contributed by atoms with E-state index in [2.05, 4.69) is 21.2 Å². The normalized spacial score (nSPS) is 20.1. The Morgan fingerprint density at radius 1 is 1.45 bits per heavy atom. The second-order valence-corrected chi connectivity index (χ2v) is 6.42. The number of carboxylic acid groups (broad SMARTS) is 1. The number of nitrogens with zero attached hydrogens (tertiary/aromatic N) is 1. The average molecular weight is 362 g/mol. The van der Waals surface area contributed by atoms with E-state index in [0.29, 0.717) is 17.1 Å². The molecular weight excluding hydrogens is 344 g/mol. The van der Waals surface area contributed by atoms with E-state index in [0.717, 1.165) is 30.5 Å². The third-order valence-corrected chi connectivity index (χ3v) is 4.65. The summed E-state index contributed by atoms with van der Waals surface area (Å²) in [5, 5.41) is 13.6. The van der Waals surface area contributed by atoms with Gasteiger partial charge in [0.2, 0.25) is 0 Å². The number of hydrogen-bond donors (Lipinski definition) is 2. The summed E-state index contributed by atoms with van der Waals surface area (Å²) >= 11 is 9.64. The zero-order chi connectivity index (χ0) is 14.8. The molecule has 20 heavy (non-hydrogen) atoms. The summed E-state index contributed by atoms with van der Waals surface area (Å²) in [6.07, 6.45) is 0.928. The molecule has 0 radical (unpaired) electrons. The van der Waals surface area contributed by atoms with Crippen LogP contribution < -0.4 is 5.32 Å². The summed E-state index contributed by atoms with van der Waals surface area (Å²) in [6.45, 7) is 4.87. The van der Waals surface area contributed by atoms with Crippen LogP contribution in [-0.2, 0) is 10.3 Å². The predicted molar refractivity (Wildman–Crippen MR) is 83.2 cm³/mol. The number of hydrogen-bond acceptors (Lipinski definition) is 3. The smallest absolute Gasteiger partial charge is 0.328 e. The second kappa shape index (κ2) is 6.43. The maximum absolute atomic E-state index is 11.9. The van der Waals surface area contributed by atoms with Crippen molar-refractivity contribution in [3.8, 4) is 0 Å². The fraction of sp³-hybridized carbons (Fsp3) is 0.500. The zero-order valence-electron chi connectivity index (χ0n) is 11.3. The summed E-state index contributed by atoms with van der Waals surface area (Å²) < 4.78 is 0.844. The minimum atomic E-state index is -1.11. The topological polar surface area (TPSA) is 52.6 Å². The molecule has 0 spiro atoms. The molecule has 1 aromatic rings. The molecule has 4 nitrogen and oxygen atoms in total. The van der Waals surface area contributed by atoms with Crippen LogP contribution in [0.5, 0.6) is 0 Å². The van der Waals surface area contributed by atoms with E-state index in [9.17, 15) is 9.90 Å². The lowest BCUT2D eigenvalue weighted by Gasteiger charge is -2.38. The summed E-state index contributed by atoms with van der Waals surface area (Å²) in [5.74, 6) is -0.872. The maximum atomic E-state index is 11.9. The molecule has 2 N–H and O–H groups in total. The van der Waals surface area contributed by atoms with Crippen molar-refractivity contribution in [2.45, 2.75) is 18.9 Å². The Morgan fingerprint density at radius 3 is 2.85 bits per heavy atom. The zero-order valence-corrected chi connectivity index (χ0v) is 13.7. The van der Waals surface area contributed by atoms with Gasteiger partial charge in [0.15, 0.2) is 0 Å². The second-order valence-electron chi connectivity index (χ2n) is 5.09. The van der Waals surface area contributed by atoms with E-state index >= 15 is 0 Å². The van der Waals surface area contributed by atoms with Gasteiger partial charge < -0.3 is 10.4 Å². The van der Waals surface area contributed by atoms with Crippen molar-refractivity contribution in [1.82, 2.24) is 10.2 Å². The van der Waals surface area contributed by atoms with E-state index in [1.165, 1.54) is 0 Å². The van der Waals surface area contributed by atoms with Gasteiger partial charge in [-0.15, -0.1) is 0 Å². The van der Waals surface area contributed by atoms with Crippen molar-refractivity contribution in [2.75, 3.05) is 26.2 Å². The van der Waals surface area contributed by atoms with Crippen LogP contribution in [0.4, 0.5) is 0 Å². The SMILES string of the molecule is CC(C(=O)O)(c1ccc(Br)cc1Cl)N1CCCNCC1. The molecule has 1 aliphatic heterocycles. The molecule has 1 aliphatic rings. The average Bonchev–Trinajstić information content (AvgIpc) is 2.66. The van der Waals surface area contributed by atoms with E-state index in [1.807, 2.05) is 11.0 Å². The largest absolute Gasteiger partial charge is 0.480 e. The minimum absolute atomic E-state index is 0.474. The highest BCUT2D eigenvalue weighted by molar-refractivity contribution is 9.10. The van der Waals surface area contributed by atoms with Crippen molar-refractivity contribution in [1.29, 1.82) is 0 Å². The van der Waals surface area contributed by atoms with Gasteiger partial charge in [-0.05, 0) is 32.0 Å². The van der Waals surface area contributed by atoms with Gasteiger partial charge in [-0.1, -0.05) is 33.6 Å². The van der Waals surface area contributed by atoms with Crippen LogP contribution in [-0.4, -0.2) is 42.2 Å². The fourth-order valence-corrected chi connectivity index (χ4v) is 3.46. The number of aliphatic carboxylic acids is 1. The van der Waals surface area contributed by atoms with Crippen molar-refractivity contribution >= 4 is 33.5 Å². The van der Waals surface area contributed by atoms with Gasteiger partial charge in [0.1, 0.15) is 5.54 Å². The van der Waals surface area contributed by atoms with Gasteiger partial charge in [-0.3, -0.25) is 4.90 Å². The van der Waals surface area contributed by atoms with E-state index in [1.54, 1.807) is 19.1 Å². The summed E-state index contributed by atoms with van der Waals surface area (Å²) in [7, 11) is 0. The van der Waals surface area contributed by atoms with Crippen LogP contribution in [0.25, 0.3) is 0 Å². The summed E-state index contributed by atoms with van der Waals surface area (Å²) in [6, 6.07) is 5.37. The molecular formula is C14H18BrClN2O2. The molecule has 2 rings (SSSR count). The van der Waals surface area contributed by atoms with Crippen LogP contribution >= 0.6 is 27.5 Å². The molecule has 0 bridgehead atoms. The molecule has 1 unspecified atom stereocenters. The molecule has 1 fully saturated rings. The molecule has 0 saturated carbocycles. The third-order valence-electron chi connectivity index (χ3n) is 3.84. The fourth-order valence-electron chi connectivity index (χ4n) is 2.60. The highest BCUT2D eigenvalue weighted by Gasteiger charge is 2.42. The Hall–Kier alpha value is -0.620. The first kappa shape index (κ1) is 15.8. The van der Waals surface area contributed by atoms with Crippen molar-refractivity contribution < 1.29 is 9.90 Å². The number of carbonyl (C=O) groups is 1. The van der Waals surface area contributed by atoms with Crippen molar-refractivity contribution in [3.05, 3.63) is 33.3 Å². The molecule has 1 atom stereocenters. The number of benzene rings is 1. The quantitative estimate of drug-likeness (QED) is 0.869. The number of rotatable bonds is 3. The first-order valence-corrected chi connectivity index (χ1v) is 7.78. The van der Waals surface area contributed by atoms with Gasteiger partial charge in [-0.2, -0.15) is 0 Å². The molecule has 1 aromatic carbocycles. The lowest BCUT2D eigenvalue weighted by Crippen LogP contribution is -2.51. The van der Waals surface area contributed by atoms with E-state index in [4.69, 9.17) is 11.6 Å². The Bertz CT molecular complexity index is 504. The Morgan fingerprint density at radius 2 is 2.20 bits per heavy atom. The van der Waals surface area contributed by atoms with Gasteiger partial charge >= 0.3 is 5.97 Å². The maximum Gasteiger partial charge on any atom is 0.328 e. The lowest BCUT2D eigenvalue weighted by atomic mass is 9.89. The summed E-state index contributed by atoms with van der Waals surface area (Å²) in [5.41, 5.74) is -0.471. The van der Waals surface area contributed by atoms with Crippen LogP contribution in [0, 0.1) is 0 Å². The van der Waals surface area contributed by atoms with Crippen LogP contribution in [0.15, 0.2) is 22.7 Å². The van der Waals surface area contributed by atoms with E-state index in [-0.39, 0.29) is 0 Å². The van der Waals surface area contributed by atoms with Gasteiger partial charge in [0, 0.05) is 34.7 Å². The number of halogens is 2. The van der Waals surface area contributed by atoms with E-state index < -0.39 is 11.5 Å². The Kier molecular flexibility index (Phi) is 5.07. The molecule has 110 valence electrons. The highest BCUT2D eigenvalue weighted by Crippen LogP contribution is 2.35. The molecule has 0 aromatic heterocycles. The highest BCUT2D eigenvalue weighted by atomic mass is 79.9. The lowest BCUT2D eigenvalue weighted by molar-refractivity contribution is -0.151. The van der Waals surface area contributed by atoms with Crippen LogP contribution in [0.3, 0.4) is 0 Å². The monoisotopic (exact) mass is 360 g/mol. The molecule has 0 amide bonds. The third kappa shape index (κ3) is 3.01. The number of carboxylic acids is 1. The Balaban J connectivity index is 2.44. The molecule has 1 heterocycles. The van der Waals surface area contributed by atoms with Gasteiger partial charge in [-0.25, -0.2) is 4.79 Å². The van der Waals surface area contributed by atoms with Crippen LogP contribution in [0.1, 0.15) is 18.9 Å².